The van der Waals surface area contributed by atoms with E-state index in [1.165, 1.54) is 53.5 Å². The van der Waals surface area contributed by atoms with E-state index in [-0.39, 0.29) is 27.6 Å². The van der Waals surface area contributed by atoms with Crippen LogP contribution in [0.5, 0.6) is 5.75 Å². The van der Waals surface area contributed by atoms with Gasteiger partial charge in [0.2, 0.25) is 6.10 Å². The molecule has 43 heavy (non-hydrogen) atoms. The number of rotatable bonds is 9. The Morgan fingerprint density at radius 3 is 2.35 bits per heavy atom. The molecule has 2 aromatic carbocycles. The van der Waals surface area contributed by atoms with Crippen molar-refractivity contribution in [2.24, 2.45) is 0 Å². The minimum atomic E-state index is -3.47. The Labute approximate surface area is 246 Å². The van der Waals surface area contributed by atoms with E-state index in [0.29, 0.717) is 24.7 Å². The van der Waals surface area contributed by atoms with Crippen molar-refractivity contribution < 1.29 is 36.3 Å². The highest BCUT2D eigenvalue weighted by Gasteiger charge is 2.37. The molecule has 1 atom stereocenters. The smallest absolute Gasteiger partial charge is 0.340 e. The molecule has 1 aliphatic carbocycles. The summed E-state index contributed by atoms with van der Waals surface area (Å²) >= 11 is 0. The Morgan fingerprint density at radius 2 is 1.74 bits per heavy atom. The Bertz CT molecular complexity index is 1760. The maximum absolute atomic E-state index is 14.5. The summed E-state index contributed by atoms with van der Waals surface area (Å²) in [6.45, 7) is 5.27. The number of halogens is 2. The van der Waals surface area contributed by atoms with Crippen LogP contribution in [0.3, 0.4) is 0 Å². The Balaban J connectivity index is 1.36. The highest BCUT2D eigenvalue weighted by atomic mass is 32.2. The molecule has 2 heterocycles. The van der Waals surface area contributed by atoms with Crippen LogP contribution in [0.1, 0.15) is 55.6 Å². The number of hydrogen-bond acceptors (Lipinski definition) is 8. The van der Waals surface area contributed by atoms with Crippen molar-refractivity contribution in [1.29, 1.82) is 0 Å². The van der Waals surface area contributed by atoms with E-state index in [2.05, 4.69) is 15.4 Å². The predicted octanol–water partition coefficient (Wildman–Crippen LogP) is 5.20. The molecule has 5 rings (SSSR count). The number of carbonyl (C=O) groups is 2. The highest BCUT2D eigenvalue weighted by molar-refractivity contribution is 7.92. The summed E-state index contributed by atoms with van der Waals surface area (Å²) in [5.41, 5.74) is -0.177. The summed E-state index contributed by atoms with van der Waals surface area (Å²) in [5.74, 6) is -3.04. The number of anilines is 1. The zero-order chi connectivity index (χ0) is 30.9. The van der Waals surface area contributed by atoms with Crippen LogP contribution in [0.25, 0.3) is 5.82 Å². The quantitative estimate of drug-likeness (QED) is 0.256. The molecular formula is C30H28F2N4O6S. The van der Waals surface area contributed by atoms with E-state index in [4.69, 9.17) is 9.47 Å². The second kappa shape index (κ2) is 11.6. The van der Waals surface area contributed by atoms with E-state index in [0.717, 1.165) is 12.1 Å². The summed E-state index contributed by atoms with van der Waals surface area (Å²) in [7, 11) is -3.47. The predicted molar refractivity (Wildman–Crippen MR) is 152 cm³/mol. The van der Waals surface area contributed by atoms with E-state index in [1.54, 1.807) is 26.8 Å². The number of carbonyl (C=O) groups excluding carboxylic acids is 2. The molecule has 0 saturated heterocycles. The molecule has 0 bridgehead atoms. The molecule has 13 heteroatoms. The Kier molecular flexibility index (Phi) is 8.02. The SMILES string of the molecule is CC(C)(C)OC(=O)c1ccc(-n2ccc(NC(=O)C(Oc3ccc(F)cc3F)c3ccc(S(=O)(=O)C4CC4)cc3)n2)nc1. The third-order valence-corrected chi connectivity index (χ3v) is 8.59. The Hall–Kier alpha value is -4.65. The van der Waals surface area contributed by atoms with Crippen molar-refractivity contribution in [1.82, 2.24) is 14.8 Å². The van der Waals surface area contributed by atoms with Crippen molar-refractivity contribution >= 4 is 27.5 Å². The topological polar surface area (TPSA) is 129 Å². The van der Waals surface area contributed by atoms with Gasteiger partial charge in [-0.25, -0.2) is 31.7 Å². The zero-order valence-corrected chi connectivity index (χ0v) is 24.3. The number of amides is 1. The van der Waals surface area contributed by atoms with Crippen LogP contribution < -0.4 is 10.1 Å². The van der Waals surface area contributed by atoms with Gasteiger partial charge in [-0.3, -0.25) is 4.79 Å². The first-order chi connectivity index (χ1) is 20.3. The minimum absolute atomic E-state index is 0.101. The van der Waals surface area contributed by atoms with Gasteiger partial charge in [0, 0.05) is 30.1 Å². The van der Waals surface area contributed by atoms with Gasteiger partial charge in [0.25, 0.3) is 5.91 Å². The molecule has 0 radical (unpaired) electrons. The lowest BCUT2D eigenvalue weighted by molar-refractivity contribution is -0.123. The molecule has 1 saturated carbocycles. The number of ether oxygens (including phenoxy) is 2. The minimum Gasteiger partial charge on any atom is -0.473 e. The van der Waals surface area contributed by atoms with Gasteiger partial charge in [0.05, 0.1) is 15.7 Å². The van der Waals surface area contributed by atoms with Crippen molar-refractivity contribution in [3.05, 3.63) is 95.8 Å². The number of aromatic nitrogens is 3. The number of benzene rings is 2. The fourth-order valence-corrected chi connectivity index (χ4v) is 5.72. The lowest BCUT2D eigenvalue weighted by atomic mass is 10.1. The number of hydrogen-bond donors (Lipinski definition) is 1. The van der Waals surface area contributed by atoms with E-state index < -0.39 is 50.3 Å². The standard InChI is InChI=1S/C30H28F2N4O6S/c1-30(2,3)42-29(38)19-6-13-26(33-17-19)36-15-14-25(35-36)34-28(37)27(41-24-12-7-20(31)16-23(24)32)18-4-8-21(9-5-18)43(39,40)22-10-11-22/h4-9,12-17,22,27H,10-11H2,1-3H3,(H,34,35,37). The van der Waals surface area contributed by atoms with Crippen LogP contribution in [-0.2, 0) is 19.4 Å². The van der Waals surface area contributed by atoms with Crippen LogP contribution in [0, 0.1) is 11.6 Å². The van der Waals surface area contributed by atoms with E-state index >= 15 is 0 Å². The third-order valence-electron chi connectivity index (χ3n) is 6.31. The number of pyridine rings is 1. The van der Waals surface area contributed by atoms with Gasteiger partial charge in [-0.2, -0.15) is 0 Å². The Morgan fingerprint density at radius 1 is 1.02 bits per heavy atom. The lowest BCUT2D eigenvalue weighted by Crippen LogP contribution is -2.26. The molecule has 0 spiro atoms. The number of esters is 1. The van der Waals surface area contributed by atoms with Gasteiger partial charge in [0.15, 0.2) is 33.0 Å². The van der Waals surface area contributed by atoms with Crippen molar-refractivity contribution in [3.8, 4) is 11.6 Å². The largest absolute Gasteiger partial charge is 0.473 e. The molecule has 1 N–H and O–H groups in total. The summed E-state index contributed by atoms with van der Waals surface area (Å²) in [6, 6.07) is 12.8. The molecular weight excluding hydrogens is 582 g/mol. The van der Waals surface area contributed by atoms with Crippen LogP contribution in [0.15, 0.2) is 78.0 Å². The highest BCUT2D eigenvalue weighted by Crippen LogP contribution is 2.34. The van der Waals surface area contributed by atoms with Crippen LogP contribution >= 0.6 is 0 Å². The van der Waals surface area contributed by atoms with Gasteiger partial charge in [0.1, 0.15) is 11.4 Å². The van der Waals surface area contributed by atoms with Gasteiger partial charge in [-0.15, -0.1) is 5.10 Å². The van der Waals surface area contributed by atoms with Gasteiger partial charge in [-0.1, -0.05) is 12.1 Å². The molecule has 4 aromatic rings. The van der Waals surface area contributed by atoms with Gasteiger partial charge >= 0.3 is 5.97 Å². The second-order valence-electron chi connectivity index (χ2n) is 10.9. The molecule has 1 amide bonds. The first kappa shape index (κ1) is 29.8. The van der Waals surface area contributed by atoms with Crippen molar-refractivity contribution in [3.63, 3.8) is 0 Å². The number of sulfone groups is 1. The molecule has 1 fully saturated rings. The van der Waals surface area contributed by atoms with Gasteiger partial charge in [-0.05, 0) is 70.0 Å². The molecule has 1 unspecified atom stereocenters. The fourth-order valence-electron chi connectivity index (χ4n) is 4.06. The number of nitrogens with zero attached hydrogens (tertiary/aromatic N) is 3. The molecule has 2 aromatic heterocycles. The summed E-state index contributed by atoms with van der Waals surface area (Å²) in [4.78, 5) is 30.0. The average Bonchev–Trinajstić information content (AvgIpc) is 3.72. The molecule has 224 valence electrons. The van der Waals surface area contributed by atoms with Crippen LogP contribution in [0.4, 0.5) is 14.6 Å². The average molecular weight is 611 g/mol. The van der Waals surface area contributed by atoms with Gasteiger partial charge < -0.3 is 14.8 Å². The molecule has 1 aliphatic rings. The first-order valence-electron chi connectivity index (χ1n) is 13.3. The molecule has 0 aliphatic heterocycles. The van der Waals surface area contributed by atoms with E-state index in [1.807, 2.05) is 0 Å². The summed E-state index contributed by atoms with van der Waals surface area (Å²) in [6.07, 6.45) is 2.61. The third kappa shape index (κ3) is 7.05. The van der Waals surface area contributed by atoms with Crippen molar-refractivity contribution in [2.75, 3.05) is 5.32 Å². The van der Waals surface area contributed by atoms with Crippen molar-refractivity contribution in [2.45, 2.75) is 55.5 Å². The maximum Gasteiger partial charge on any atom is 0.340 e. The van der Waals surface area contributed by atoms with Crippen LogP contribution in [0.2, 0.25) is 0 Å². The fraction of sp³-hybridized carbons (Fsp3) is 0.267. The first-order valence-corrected chi connectivity index (χ1v) is 14.9. The molecule has 10 nitrogen and oxygen atoms in total. The normalized spacial score (nSPS) is 14.2. The monoisotopic (exact) mass is 610 g/mol. The summed E-state index contributed by atoms with van der Waals surface area (Å²) < 4.78 is 65.5. The lowest BCUT2D eigenvalue weighted by Gasteiger charge is -2.19. The second-order valence-corrected chi connectivity index (χ2v) is 13.2. The van der Waals surface area contributed by atoms with Crippen LogP contribution in [-0.4, -0.2) is 45.9 Å². The maximum atomic E-state index is 14.5. The zero-order valence-electron chi connectivity index (χ0n) is 23.5. The van der Waals surface area contributed by atoms with E-state index in [9.17, 15) is 26.8 Å². The number of nitrogens with one attached hydrogen (secondary N) is 1. The summed E-state index contributed by atoms with van der Waals surface area (Å²) in [5, 5.41) is 6.47.